The van der Waals surface area contributed by atoms with Crippen molar-refractivity contribution in [1.29, 1.82) is 0 Å². The van der Waals surface area contributed by atoms with Gasteiger partial charge in [-0.15, -0.1) is 0 Å². The van der Waals surface area contributed by atoms with E-state index in [-0.39, 0.29) is 23.9 Å². The zero-order valence-electron chi connectivity index (χ0n) is 10.5. The Hall–Kier alpha value is -1.44. The van der Waals surface area contributed by atoms with Crippen LogP contribution in [0.15, 0.2) is 29.2 Å². The van der Waals surface area contributed by atoms with Crippen LogP contribution in [0.25, 0.3) is 0 Å². The Morgan fingerprint density at radius 2 is 2.16 bits per heavy atom. The molecule has 1 atom stereocenters. The summed E-state index contributed by atoms with van der Waals surface area (Å²) in [5.41, 5.74) is 0.530. The van der Waals surface area contributed by atoms with E-state index in [1.165, 1.54) is 12.1 Å². The van der Waals surface area contributed by atoms with Crippen molar-refractivity contribution in [2.75, 3.05) is 19.6 Å². The van der Waals surface area contributed by atoms with Gasteiger partial charge in [-0.25, -0.2) is 8.42 Å². The van der Waals surface area contributed by atoms with Crippen LogP contribution in [0.3, 0.4) is 0 Å². The molecule has 1 unspecified atom stereocenters. The third-order valence-corrected chi connectivity index (χ3v) is 4.82. The number of piperazine rings is 1. The lowest BCUT2D eigenvalue weighted by atomic mass is 10.1. The third-order valence-electron chi connectivity index (χ3n) is 2.98. The molecule has 0 spiro atoms. The van der Waals surface area contributed by atoms with Crippen molar-refractivity contribution < 1.29 is 18.3 Å². The van der Waals surface area contributed by atoms with E-state index in [1.807, 2.05) is 0 Å². The van der Waals surface area contributed by atoms with E-state index in [9.17, 15) is 18.3 Å². The van der Waals surface area contributed by atoms with Crippen molar-refractivity contribution >= 4 is 15.9 Å². The van der Waals surface area contributed by atoms with E-state index in [4.69, 9.17) is 0 Å². The van der Waals surface area contributed by atoms with E-state index in [2.05, 4.69) is 5.32 Å². The lowest BCUT2D eigenvalue weighted by Crippen LogP contribution is -2.49. The molecule has 1 aromatic carbocycles. The summed E-state index contributed by atoms with van der Waals surface area (Å²) in [6.07, 6.45) is -0.736. The van der Waals surface area contributed by atoms with Gasteiger partial charge in [-0.2, -0.15) is 4.31 Å². The number of sulfonamides is 1. The van der Waals surface area contributed by atoms with Gasteiger partial charge in [0.1, 0.15) is 0 Å². The second kappa shape index (κ2) is 5.28. The number of aliphatic hydroxyl groups excluding tert-OH is 1. The molecule has 19 heavy (non-hydrogen) atoms. The van der Waals surface area contributed by atoms with Gasteiger partial charge in [0, 0.05) is 13.1 Å². The highest BCUT2D eigenvalue weighted by molar-refractivity contribution is 7.89. The van der Waals surface area contributed by atoms with Crippen molar-refractivity contribution in [3.05, 3.63) is 29.8 Å². The van der Waals surface area contributed by atoms with Gasteiger partial charge in [0.25, 0.3) is 0 Å². The Labute approximate surface area is 112 Å². The second-order valence-electron chi connectivity index (χ2n) is 4.44. The number of aliphatic hydroxyl groups is 1. The molecule has 1 fully saturated rings. The third kappa shape index (κ3) is 2.94. The zero-order chi connectivity index (χ0) is 14.0. The molecule has 1 heterocycles. The minimum absolute atomic E-state index is 0.0978. The van der Waals surface area contributed by atoms with Gasteiger partial charge < -0.3 is 10.4 Å². The highest BCUT2D eigenvalue weighted by Crippen LogP contribution is 2.20. The summed E-state index contributed by atoms with van der Waals surface area (Å²) in [5.74, 6) is -0.304. The Kier molecular flexibility index (Phi) is 3.88. The van der Waals surface area contributed by atoms with E-state index in [1.54, 1.807) is 19.1 Å². The molecular weight excluding hydrogens is 268 g/mol. The predicted molar refractivity (Wildman–Crippen MR) is 68.8 cm³/mol. The molecule has 7 heteroatoms. The molecule has 0 saturated carbocycles. The van der Waals surface area contributed by atoms with Gasteiger partial charge in [0.15, 0.2) is 0 Å². The Balaban J connectivity index is 2.33. The Bertz CT molecular complexity index is 583. The number of benzene rings is 1. The molecule has 1 aromatic rings. The SMILES string of the molecule is CC(O)c1cccc(S(=O)(=O)N2CCNC(=O)C2)c1. The normalized spacial score (nSPS) is 18.9. The zero-order valence-corrected chi connectivity index (χ0v) is 11.4. The summed E-state index contributed by atoms with van der Waals surface area (Å²) < 4.78 is 25.9. The number of hydrogen-bond acceptors (Lipinski definition) is 4. The molecule has 0 aromatic heterocycles. The van der Waals surface area contributed by atoms with Crippen LogP contribution in [-0.4, -0.2) is 43.4 Å². The quantitative estimate of drug-likeness (QED) is 0.809. The summed E-state index contributed by atoms with van der Waals surface area (Å²) in [6, 6.07) is 6.14. The summed E-state index contributed by atoms with van der Waals surface area (Å²) in [7, 11) is -3.69. The van der Waals surface area contributed by atoms with Gasteiger partial charge in [-0.1, -0.05) is 12.1 Å². The molecule has 1 amide bonds. The lowest BCUT2D eigenvalue weighted by Gasteiger charge is -2.26. The van der Waals surface area contributed by atoms with Crippen molar-refractivity contribution in [2.45, 2.75) is 17.9 Å². The highest BCUT2D eigenvalue weighted by atomic mass is 32.2. The number of rotatable bonds is 3. The van der Waals surface area contributed by atoms with Crippen LogP contribution in [-0.2, 0) is 14.8 Å². The van der Waals surface area contributed by atoms with Crippen LogP contribution in [0.2, 0.25) is 0 Å². The first-order valence-electron chi connectivity index (χ1n) is 5.96. The van der Waals surface area contributed by atoms with E-state index < -0.39 is 16.1 Å². The molecule has 6 nitrogen and oxygen atoms in total. The first kappa shape index (κ1) is 14.0. The topological polar surface area (TPSA) is 86.7 Å². The average molecular weight is 284 g/mol. The van der Waals surface area contributed by atoms with Crippen molar-refractivity contribution in [1.82, 2.24) is 9.62 Å². The maximum Gasteiger partial charge on any atom is 0.243 e. The molecule has 2 N–H and O–H groups in total. The molecule has 0 bridgehead atoms. The molecule has 2 rings (SSSR count). The minimum atomic E-state index is -3.69. The Morgan fingerprint density at radius 1 is 1.42 bits per heavy atom. The average Bonchev–Trinajstić information content (AvgIpc) is 2.39. The summed E-state index contributed by atoms with van der Waals surface area (Å²) >= 11 is 0. The maximum atomic E-state index is 12.4. The molecule has 0 radical (unpaired) electrons. The number of carbonyl (C=O) groups is 1. The van der Waals surface area contributed by atoms with Gasteiger partial charge in [0.05, 0.1) is 17.5 Å². The van der Waals surface area contributed by atoms with Crippen LogP contribution >= 0.6 is 0 Å². The standard InChI is InChI=1S/C12H16N2O4S/c1-9(15)10-3-2-4-11(7-10)19(17,18)14-6-5-13-12(16)8-14/h2-4,7,9,15H,5-6,8H2,1H3,(H,13,16). The van der Waals surface area contributed by atoms with Gasteiger partial charge in [-0.3, -0.25) is 4.79 Å². The predicted octanol–water partition coefficient (Wildman–Crippen LogP) is -0.140. The highest BCUT2D eigenvalue weighted by Gasteiger charge is 2.29. The number of amides is 1. The van der Waals surface area contributed by atoms with Gasteiger partial charge >= 0.3 is 0 Å². The molecule has 1 saturated heterocycles. The van der Waals surface area contributed by atoms with E-state index in [0.717, 1.165) is 4.31 Å². The summed E-state index contributed by atoms with van der Waals surface area (Å²) in [5, 5.41) is 12.1. The van der Waals surface area contributed by atoms with Crippen LogP contribution in [0.5, 0.6) is 0 Å². The van der Waals surface area contributed by atoms with Crippen molar-refractivity contribution in [3.8, 4) is 0 Å². The number of nitrogens with one attached hydrogen (secondary N) is 1. The molecule has 0 aliphatic carbocycles. The van der Waals surface area contributed by atoms with Crippen LogP contribution in [0.4, 0.5) is 0 Å². The fourth-order valence-electron chi connectivity index (χ4n) is 1.90. The summed E-state index contributed by atoms with van der Waals surface area (Å²) in [4.78, 5) is 11.4. The first-order chi connectivity index (χ1) is 8.91. The molecule has 1 aliphatic rings. The molecule has 1 aliphatic heterocycles. The van der Waals surface area contributed by atoms with Crippen molar-refractivity contribution in [3.63, 3.8) is 0 Å². The Morgan fingerprint density at radius 3 is 2.79 bits per heavy atom. The van der Waals surface area contributed by atoms with Gasteiger partial charge in [-0.05, 0) is 24.6 Å². The number of hydrogen-bond donors (Lipinski definition) is 2. The largest absolute Gasteiger partial charge is 0.389 e. The monoisotopic (exact) mass is 284 g/mol. The van der Waals surface area contributed by atoms with Crippen LogP contribution < -0.4 is 5.32 Å². The first-order valence-corrected chi connectivity index (χ1v) is 7.40. The number of nitrogens with zero attached hydrogens (tertiary/aromatic N) is 1. The van der Waals surface area contributed by atoms with Gasteiger partial charge in [0.2, 0.25) is 15.9 Å². The molecular formula is C12H16N2O4S. The fraction of sp³-hybridized carbons (Fsp3) is 0.417. The maximum absolute atomic E-state index is 12.4. The second-order valence-corrected chi connectivity index (χ2v) is 6.37. The molecule has 104 valence electrons. The minimum Gasteiger partial charge on any atom is -0.389 e. The summed E-state index contributed by atoms with van der Waals surface area (Å²) in [6.45, 7) is 1.97. The van der Waals surface area contributed by atoms with Crippen molar-refractivity contribution in [2.24, 2.45) is 0 Å². The van der Waals surface area contributed by atoms with E-state index in [0.29, 0.717) is 12.1 Å². The lowest BCUT2D eigenvalue weighted by molar-refractivity contribution is -0.122. The number of carbonyl (C=O) groups excluding carboxylic acids is 1. The van der Waals surface area contributed by atoms with E-state index >= 15 is 0 Å². The smallest absolute Gasteiger partial charge is 0.243 e. The fourth-order valence-corrected chi connectivity index (χ4v) is 3.36. The van der Waals surface area contributed by atoms with Crippen LogP contribution in [0.1, 0.15) is 18.6 Å². The van der Waals surface area contributed by atoms with Crippen LogP contribution in [0, 0.1) is 0 Å².